The lowest BCUT2D eigenvalue weighted by Gasteiger charge is -2.12. The summed E-state index contributed by atoms with van der Waals surface area (Å²) in [6.07, 6.45) is 3.98. The van der Waals surface area contributed by atoms with Crippen molar-refractivity contribution >= 4 is 17.4 Å². The SMILES string of the molecule is c1cc2c(c(CNCC3CCCS3)c1)NCC2. The number of hydrogen-bond donors (Lipinski definition) is 2. The normalized spacial score (nSPS) is 22.5. The molecule has 92 valence electrons. The third-order valence-electron chi connectivity index (χ3n) is 3.64. The average Bonchev–Trinajstić information content (AvgIpc) is 2.99. The number of fused-ring (bicyclic) bond motifs is 1. The molecule has 17 heavy (non-hydrogen) atoms. The second kappa shape index (κ2) is 5.32. The summed E-state index contributed by atoms with van der Waals surface area (Å²) in [5.41, 5.74) is 4.31. The van der Waals surface area contributed by atoms with Crippen molar-refractivity contribution in [3.05, 3.63) is 29.3 Å². The van der Waals surface area contributed by atoms with Crippen molar-refractivity contribution in [1.82, 2.24) is 5.32 Å². The number of rotatable bonds is 4. The maximum Gasteiger partial charge on any atom is 0.0419 e. The van der Waals surface area contributed by atoms with Crippen molar-refractivity contribution in [2.24, 2.45) is 0 Å². The fourth-order valence-electron chi connectivity index (χ4n) is 2.73. The first-order valence-electron chi connectivity index (χ1n) is 6.60. The predicted molar refractivity (Wildman–Crippen MR) is 75.8 cm³/mol. The van der Waals surface area contributed by atoms with Gasteiger partial charge in [0, 0.05) is 30.6 Å². The van der Waals surface area contributed by atoms with E-state index in [1.54, 1.807) is 0 Å². The summed E-state index contributed by atoms with van der Waals surface area (Å²) in [6.45, 7) is 3.27. The molecule has 1 atom stereocenters. The van der Waals surface area contributed by atoms with Gasteiger partial charge in [0.1, 0.15) is 0 Å². The van der Waals surface area contributed by atoms with Crippen LogP contribution in [0.25, 0.3) is 0 Å². The molecule has 2 aliphatic heterocycles. The van der Waals surface area contributed by atoms with Gasteiger partial charge in [-0.2, -0.15) is 11.8 Å². The largest absolute Gasteiger partial charge is 0.384 e. The molecule has 2 N–H and O–H groups in total. The monoisotopic (exact) mass is 248 g/mol. The molecule has 3 heteroatoms. The first-order valence-corrected chi connectivity index (χ1v) is 7.65. The van der Waals surface area contributed by atoms with Crippen LogP contribution < -0.4 is 10.6 Å². The van der Waals surface area contributed by atoms with Crippen molar-refractivity contribution in [3.8, 4) is 0 Å². The highest BCUT2D eigenvalue weighted by molar-refractivity contribution is 8.00. The van der Waals surface area contributed by atoms with Gasteiger partial charge >= 0.3 is 0 Å². The second-order valence-corrected chi connectivity index (χ2v) is 6.30. The van der Waals surface area contributed by atoms with Gasteiger partial charge in [-0.1, -0.05) is 18.2 Å². The van der Waals surface area contributed by atoms with Gasteiger partial charge in [0.05, 0.1) is 0 Å². The van der Waals surface area contributed by atoms with E-state index in [0.29, 0.717) is 0 Å². The summed E-state index contributed by atoms with van der Waals surface area (Å²) in [7, 11) is 0. The van der Waals surface area contributed by atoms with Crippen LogP contribution in [-0.4, -0.2) is 24.1 Å². The number of nitrogens with one attached hydrogen (secondary N) is 2. The van der Waals surface area contributed by atoms with Gasteiger partial charge in [0.2, 0.25) is 0 Å². The maximum atomic E-state index is 3.61. The second-order valence-electron chi connectivity index (χ2n) is 4.89. The smallest absolute Gasteiger partial charge is 0.0419 e. The van der Waals surface area contributed by atoms with Gasteiger partial charge in [0.15, 0.2) is 0 Å². The van der Waals surface area contributed by atoms with Gasteiger partial charge in [-0.25, -0.2) is 0 Å². The molecule has 2 aliphatic rings. The lowest BCUT2D eigenvalue weighted by Crippen LogP contribution is -2.23. The lowest BCUT2D eigenvalue weighted by molar-refractivity contribution is 0.646. The standard InChI is InChI=1S/C14H20N2S/c1-3-11-6-7-16-14(11)12(4-1)9-15-10-13-5-2-8-17-13/h1,3-4,13,15-16H,2,5-10H2. The van der Waals surface area contributed by atoms with Gasteiger partial charge in [-0.3, -0.25) is 0 Å². The van der Waals surface area contributed by atoms with Gasteiger partial charge < -0.3 is 10.6 Å². The fraction of sp³-hybridized carbons (Fsp3) is 0.571. The highest BCUT2D eigenvalue weighted by atomic mass is 32.2. The highest BCUT2D eigenvalue weighted by Crippen LogP contribution is 2.27. The Kier molecular flexibility index (Phi) is 3.57. The van der Waals surface area contributed by atoms with E-state index in [2.05, 4.69) is 40.6 Å². The zero-order valence-corrected chi connectivity index (χ0v) is 11.0. The summed E-state index contributed by atoms with van der Waals surface area (Å²) < 4.78 is 0. The average molecular weight is 248 g/mol. The molecule has 1 unspecified atom stereocenters. The Bertz CT molecular complexity index is 386. The highest BCUT2D eigenvalue weighted by Gasteiger charge is 2.16. The zero-order chi connectivity index (χ0) is 11.5. The van der Waals surface area contributed by atoms with Crippen molar-refractivity contribution in [2.45, 2.75) is 31.1 Å². The zero-order valence-electron chi connectivity index (χ0n) is 10.2. The number of para-hydroxylation sites is 1. The quantitative estimate of drug-likeness (QED) is 0.856. The Morgan fingerprint density at radius 3 is 3.29 bits per heavy atom. The van der Waals surface area contributed by atoms with E-state index in [9.17, 15) is 0 Å². The fourth-order valence-corrected chi connectivity index (χ4v) is 3.97. The van der Waals surface area contributed by atoms with Crippen molar-refractivity contribution in [1.29, 1.82) is 0 Å². The van der Waals surface area contributed by atoms with Crippen LogP contribution in [0.4, 0.5) is 5.69 Å². The van der Waals surface area contributed by atoms with Gasteiger partial charge in [-0.15, -0.1) is 0 Å². The minimum absolute atomic E-state index is 0.847. The van der Waals surface area contributed by atoms with E-state index in [-0.39, 0.29) is 0 Å². The molecule has 3 rings (SSSR count). The van der Waals surface area contributed by atoms with Crippen LogP contribution in [0.15, 0.2) is 18.2 Å². The van der Waals surface area contributed by atoms with E-state index in [1.807, 2.05) is 0 Å². The molecule has 1 aromatic rings. The topological polar surface area (TPSA) is 24.1 Å². The minimum atomic E-state index is 0.847. The lowest BCUT2D eigenvalue weighted by atomic mass is 10.1. The van der Waals surface area contributed by atoms with Crippen LogP contribution >= 0.6 is 11.8 Å². The molecular formula is C14H20N2S. The van der Waals surface area contributed by atoms with Crippen LogP contribution in [0.5, 0.6) is 0 Å². The van der Waals surface area contributed by atoms with Crippen LogP contribution in [-0.2, 0) is 13.0 Å². The number of anilines is 1. The van der Waals surface area contributed by atoms with Crippen LogP contribution in [0.1, 0.15) is 24.0 Å². The minimum Gasteiger partial charge on any atom is -0.384 e. The first kappa shape index (κ1) is 11.4. The molecule has 1 aromatic carbocycles. The van der Waals surface area contributed by atoms with Gasteiger partial charge in [0.25, 0.3) is 0 Å². The molecule has 0 saturated carbocycles. The van der Waals surface area contributed by atoms with E-state index in [0.717, 1.165) is 24.9 Å². The predicted octanol–water partition coefficient (Wildman–Crippen LogP) is 2.64. The van der Waals surface area contributed by atoms with E-state index >= 15 is 0 Å². The molecule has 0 bridgehead atoms. The molecule has 0 aromatic heterocycles. The summed E-state index contributed by atoms with van der Waals surface area (Å²) in [6, 6.07) is 6.67. The maximum absolute atomic E-state index is 3.61. The molecule has 0 radical (unpaired) electrons. The van der Waals surface area contributed by atoms with Crippen molar-refractivity contribution < 1.29 is 0 Å². The number of hydrogen-bond acceptors (Lipinski definition) is 3. The molecule has 0 aliphatic carbocycles. The van der Waals surface area contributed by atoms with Crippen LogP contribution in [0.3, 0.4) is 0 Å². The molecule has 0 amide bonds. The van der Waals surface area contributed by atoms with E-state index in [4.69, 9.17) is 0 Å². The molecule has 0 spiro atoms. The Balaban J connectivity index is 1.56. The summed E-state index contributed by atoms with van der Waals surface area (Å²) in [5.74, 6) is 1.36. The molecular weight excluding hydrogens is 228 g/mol. The Morgan fingerprint density at radius 2 is 2.41 bits per heavy atom. The molecule has 1 fully saturated rings. The number of thioether (sulfide) groups is 1. The summed E-state index contributed by atoms with van der Waals surface area (Å²) >= 11 is 2.12. The van der Waals surface area contributed by atoms with Gasteiger partial charge in [-0.05, 0) is 36.1 Å². The number of benzene rings is 1. The van der Waals surface area contributed by atoms with Crippen molar-refractivity contribution in [2.75, 3.05) is 24.2 Å². The Hall–Kier alpha value is -0.670. The summed E-state index contributed by atoms with van der Waals surface area (Å²) in [5, 5.41) is 7.96. The van der Waals surface area contributed by atoms with E-state index < -0.39 is 0 Å². The molecule has 1 saturated heterocycles. The Morgan fingerprint density at radius 1 is 1.41 bits per heavy atom. The van der Waals surface area contributed by atoms with Crippen molar-refractivity contribution in [3.63, 3.8) is 0 Å². The first-order chi connectivity index (χ1) is 8.43. The summed E-state index contributed by atoms with van der Waals surface area (Å²) in [4.78, 5) is 0. The van der Waals surface area contributed by atoms with Crippen LogP contribution in [0, 0.1) is 0 Å². The Labute approximate surface area is 108 Å². The van der Waals surface area contributed by atoms with E-state index in [1.165, 1.54) is 41.8 Å². The molecule has 2 heterocycles. The van der Waals surface area contributed by atoms with Crippen LogP contribution in [0.2, 0.25) is 0 Å². The third kappa shape index (κ3) is 2.61. The molecule has 2 nitrogen and oxygen atoms in total. The third-order valence-corrected chi connectivity index (χ3v) is 5.04.